The van der Waals surface area contributed by atoms with Crippen molar-refractivity contribution in [1.29, 1.82) is 0 Å². The van der Waals surface area contributed by atoms with Crippen LogP contribution in [0.25, 0.3) is 10.9 Å². The summed E-state index contributed by atoms with van der Waals surface area (Å²) in [6.07, 6.45) is 0. The smallest absolute Gasteiger partial charge is 0.0706 e. The Hall–Kier alpha value is -0.863. The third-order valence-corrected chi connectivity index (χ3v) is 4.08. The molecule has 3 heteroatoms. The first kappa shape index (κ1) is 11.6. The van der Waals surface area contributed by atoms with Crippen molar-refractivity contribution in [3.63, 3.8) is 0 Å². The number of halogens is 1. The minimum Gasteiger partial charge on any atom is -0.253 e. The summed E-state index contributed by atoms with van der Waals surface area (Å²) in [6, 6.07) is 11.2. The lowest BCUT2D eigenvalue weighted by molar-refractivity contribution is 1.17. The highest BCUT2D eigenvalue weighted by molar-refractivity contribution is 6.75. The fraction of sp³-hybridized carbons (Fsp3) is 0.308. The maximum absolute atomic E-state index is 5.94. The lowest BCUT2D eigenvalue weighted by atomic mass is 10.2. The summed E-state index contributed by atoms with van der Waals surface area (Å²) < 4.78 is 0. The molecule has 0 amide bonds. The van der Waals surface area contributed by atoms with Crippen molar-refractivity contribution in [3.8, 4) is 0 Å². The van der Waals surface area contributed by atoms with Gasteiger partial charge in [0.05, 0.1) is 13.6 Å². The molecule has 0 unspecified atom stereocenters. The second-order valence-corrected chi connectivity index (χ2v) is 11.3. The van der Waals surface area contributed by atoms with E-state index in [0.717, 1.165) is 22.0 Å². The molecule has 0 spiro atoms. The summed E-state index contributed by atoms with van der Waals surface area (Å²) in [5.74, 6) is 0. The van der Waals surface area contributed by atoms with Gasteiger partial charge in [0.15, 0.2) is 0 Å². The highest BCUT2D eigenvalue weighted by Gasteiger charge is 2.14. The van der Waals surface area contributed by atoms with Gasteiger partial charge in [0.25, 0.3) is 0 Å². The Morgan fingerprint density at radius 2 is 1.88 bits per heavy atom. The Bertz CT molecular complexity index is 517. The number of nitrogens with zero attached hydrogens (tertiary/aromatic N) is 1. The van der Waals surface area contributed by atoms with Crippen molar-refractivity contribution in [2.24, 2.45) is 0 Å². The normalized spacial score (nSPS) is 12.0. The van der Waals surface area contributed by atoms with Gasteiger partial charge in [-0.15, -0.1) is 0 Å². The van der Waals surface area contributed by atoms with Crippen molar-refractivity contribution in [2.45, 2.75) is 25.7 Å². The van der Waals surface area contributed by atoms with E-state index >= 15 is 0 Å². The zero-order chi connectivity index (χ0) is 11.8. The highest BCUT2D eigenvalue weighted by atomic mass is 35.5. The molecule has 0 fully saturated rings. The molecule has 0 aliphatic heterocycles. The fourth-order valence-electron chi connectivity index (χ4n) is 1.78. The lowest BCUT2D eigenvalue weighted by Gasteiger charge is -2.15. The predicted octanol–water partition coefficient (Wildman–Crippen LogP) is 4.31. The van der Waals surface area contributed by atoms with Gasteiger partial charge in [-0.3, -0.25) is 4.98 Å². The fourth-order valence-corrected chi connectivity index (χ4v) is 3.24. The quantitative estimate of drug-likeness (QED) is 0.723. The first-order valence-electron chi connectivity index (χ1n) is 5.49. The molecule has 84 valence electrons. The predicted molar refractivity (Wildman–Crippen MR) is 73.8 cm³/mol. The monoisotopic (exact) mass is 249 g/mol. The van der Waals surface area contributed by atoms with Crippen LogP contribution in [-0.4, -0.2) is 13.1 Å². The van der Waals surface area contributed by atoms with Crippen LogP contribution >= 0.6 is 11.6 Å². The van der Waals surface area contributed by atoms with Crippen molar-refractivity contribution >= 4 is 30.6 Å². The molecule has 0 saturated heterocycles. The SMILES string of the molecule is C[Si](C)(C)Cc1ccc2cc(Cl)ccc2n1. The van der Waals surface area contributed by atoms with Gasteiger partial charge >= 0.3 is 0 Å². The van der Waals surface area contributed by atoms with Gasteiger partial charge in [-0.25, -0.2) is 0 Å². The summed E-state index contributed by atoms with van der Waals surface area (Å²) in [4.78, 5) is 4.68. The second kappa shape index (κ2) is 4.19. The van der Waals surface area contributed by atoms with Gasteiger partial charge in [0, 0.05) is 16.1 Å². The number of hydrogen-bond acceptors (Lipinski definition) is 1. The number of rotatable bonds is 2. The summed E-state index contributed by atoms with van der Waals surface area (Å²) >= 11 is 5.94. The Kier molecular flexibility index (Phi) is 3.04. The number of fused-ring (bicyclic) bond motifs is 1. The Labute approximate surface area is 102 Å². The average molecular weight is 250 g/mol. The highest BCUT2D eigenvalue weighted by Crippen LogP contribution is 2.19. The van der Waals surface area contributed by atoms with E-state index < -0.39 is 8.07 Å². The van der Waals surface area contributed by atoms with Crippen LogP contribution in [0.15, 0.2) is 30.3 Å². The van der Waals surface area contributed by atoms with E-state index in [1.165, 1.54) is 5.69 Å². The number of hydrogen-bond donors (Lipinski definition) is 0. The second-order valence-electron chi connectivity index (χ2n) is 5.38. The van der Waals surface area contributed by atoms with Gasteiger partial charge < -0.3 is 0 Å². The van der Waals surface area contributed by atoms with Gasteiger partial charge in [-0.1, -0.05) is 37.3 Å². The van der Waals surface area contributed by atoms with Crippen LogP contribution < -0.4 is 0 Å². The third kappa shape index (κ3) is 2.83. The van der Waals surface area contributed by atoms with E-state index in [2.05, 4.69) is 36.8 Å². The van der Waals surface area contributed by atoms with Gasteiger partial charge in [0.1, 0.15) is 0 Å². The molecular formula is C13H16ClNSi. The zero-order valence-electron chi connectivity index (χ0n) is 9.92. The van der Waals surface area contributed by atoms with Crippen molar-refractivity contribution < 1.29 is 0 Å². The van der Waals surface area contributed by atoms with Crippen molar-refractivity contribution in [1.82, 2.24) is 4.98 Å². The number of aromatic nitrogens is 1. The topological polar surface area (TPSA) is 12.9 Å². The Balaban J connectivity index is 2.41. The molecule has 1 heterocycles. The van der Waals surface area contributed by atoms with Gasteiger partial charge in [-0.05, 0) is 30.3 Å². The maximum atomic E-state index is 5.94. The van der Waals surface area contributed by atoms with Crippen molar-refractivity contribution in [3.05, 3.63) is 41.0 Å². The molecule has 1 aromatic heterocycles. The molecule has 0 bridgehead atoms. The van der Waals surface area contributed by atoms with Crippen molar-refractivity contribution in [2.75, 3.05) is 0 Å². The third-order valence-electron chi connectivity index (χ3n) is 2.42. The van der Waals surface area contributed by atoms with Gasteiger partial charge in [0.2, 0.25) is 0 Å². The standard InChI is InChI=1S/C13H16ClNSi/c1-16(2,3)9-12-6-4-10-8-11(14)5-7-13(10)15-12/h4-8H,9H2,1-3H3. The summed E-state index contributed by atoms with van der Waals surface area (Å²) in [7, 11) is -1.08. The van der Waals surface area contributed by atoms with E-state index in [1.54, 1.807) is 0 Å². The van der Waals surface area contributed by atoms with Gasteiger partial charge in [-0.2, -0.15) is 0 Å². The molecule has 0 N–H and O–H groups in total. The molecular weight excluding hydrogens is 234 g/mol. The van der Waals surface area contributed by atoms with Crippen LogP contribution in [0.2, 0.25) is 24.7 Å². The minimum absolute atomic E-state index is 0.771. The molecule has 1 aromatic carbocycles. The molecule has 16 heavy (non-hydrogen) atoms. The molecule has 0 aliphatic rings. The van der Waals surface area contributed by atoms with Crippen LogP contribution in [0.5, 0.6) is 0 Å². The largest absolute Gasteiger partial charge is 0.253 e. The lowest BCUT2D eigenvalue weighted by Crippen LogP contribution is -2.24. The van der Waals surface area contributed by atoms with Crippen LogP contribution in [0.1, 0.15) is 5.69 Å². The van der Waals surface area contributed by atoms with Crippen LogP contribution in [0.3, 0.4) is 0 Å². The average Bonchev–Trinajstić information content (AvgIpc) is 2.16. The first-order valence-corrected chi connectivity index (χ1v) is 9.58. The number of benzene rings is 1. The summed E-state index contributed by atoms with van der Waals surface area (Å²) in [5.41, 5.74) is 2.24. The number of pyridine rings is 1. The Morgan fingerprint density at radius 3 is 2.56 bits per heavy atom. The Morgan fingerprint density at radius 1 is 1.12 bits per heavy atom. The van der Waals surface area contributed by atoms with E-state index in [4.69, 9.17) is 11.6 Å². The first-order chi connectivity index (χ1) is 7.44. The van der Waals surface area contributed by atoms with E-state index in [0.29, 0.717) is 0 Å². The minimum atomic E-state index is -1.08. The molecule has 2 rings (SSSR count). The van der Waals surface area contributed by atoms with Crippen LogP contribution in [-0.2, 0) is 6.04 Å². The van der Waals surface area contributed by atoms with Crippen LogP contribution in [0, 0.1) is 0 Å². The molecule has 1 nitrogen and oxygen atoms in total. The van der Waals surface area contributed by atoms with Crippen LogP contribution in [0.4, 0.5) is 0 Å². The van der Waals surface area contributed by atoms with E-state index in [1.807, 2.05) is 18.2 Å². The van der Waals surface area contributed by atoms with E-state index in [-0.39, 0.29) is 0 Å². The maximum Gasteiger partial charge on any atom is 0.0706 e. The molecule has 2 aromatic rings. The molecule has 0 aliphatic carbocycles. The van der Waals surface area contributed by atoms with E-state index in [9.17, 15) is 0 Å². The zero-order valence-corrected chi connectivity index (χ0v) is 11.7. The summed E-state index contributed by atoms with van der Waals surface area (Å²) in [6.45, 7) is 7.09. The molecule has 0 saturated carbocycles. The molecule has 0 atom stereocenters. The molecule has 0 radical (unpaired) electrons. The summed E-state index contributed by atoms with van der Waals surface area (Å²) in [5, 5.41) is 1.89.